The van der Waals surface area contributed by atoms with Crippen LogP contribution in [0.1, 0.15) is 33.1 Å². The van der Waals surface area contributed by atoms with Gasteiger partial charge in [-0.05, 0) is 24.7 Å². The molecule has 1 saturated carbocycles. The summed E-state index contributed by atoms with van der Waals surface area (Å²) >= 11 is 4.41. The minimum absolute atomic E-state index is 0.590. The average molecular weight is 158 g/mol. The molecule has 0 N–H and O–H groups in total. The molecule has 0 aromatic carbocycles. The molecule has 1 aliphatic carbocycles. The fourth-order valence-electron chi connectivity index (χ4n) is 1.40. The Bertz CT molecular complexity index is 96.9. The molecule has 0 aromatic heterocycles. The average Bonchev–Trinajstić information content (AvgIpc) is 2.15. The van der Waals surface area contributed by atoms with Crippen LogP contribution in [-0.4, -0.2) is 5.25 Å². The zero-order valence-corrected chi connectivity index (χ0v) is 7.95. The van der Waals surface area contributed by atoms with Crippen LogP contribution in [-0.2, 0) is 0 Å². The van der Waals surface area contributed by atoms with Gasteiger partial charge in [-0.2, -0.15) is 12.6 Å². The Morgan fingerprint density at radius 1 is 1.40 bits per heavy atom. The molecule has 10 heavy (non-hydrogen) atoms. The predicted molar refractivity (Wildman–Crippen MR) is 51.7 cm³/mol. The molecule has 1 rings (SSSR count). The van der Waals surface area contributed by atoms with Gasteiger partial charge in [-0.3, -0.25) is 0 Å². The fourth-order valence-corrected chi connectivity index (χ4v) is 2.02. The van der Waals surface area contributed by atoms with Crippen LogP contribution in [0.15, 0.2) is 13.2 Å². The Balaban J connectivity index is 0.000000371. The highest BCUT2D eigenvalue weighted by Crippen LogP contribution is 2.39. The second kappa shape index (κ2) is 4.07. The molecule has 0 nitrogen and oxygen atoms in total. The van der Waals surface area contributed by atoms with Crippen molar-refractivity contribution in [2.45, 2.75) is 38.4 Å². The molecule has 1 aliphatic rings. The van der Waals surface area contributed by atoms with Gasteiger partial charge in [0.15, 0.2) is 0 Å². The summed E-state index contributed by atoms with van der Waals surface area (Å²) < 4.78 is 0. The first-order valence-corrected chi connectivity index (χ1v) is 4.30. The zero-order valence-electron chi connectivity index (χ0n) is 7.06. The maximum Gasteiger partial charge on any atom is 0.00220 e. The molecule has 0 spiro atoms. The third kappa shape index (κ3) is 3.31. The lowest BCUT2D eigenvalue weighted by Gasteiger charge is -2.14. The van der Waals surface area contributed by atoms with Crippen molar-refractivity contribution in [2.24, 2.45) is 5.41 Å². The molecule has 0 aromatic rings. The molecular formula is C9H18S. The number of hydrogen-bond acceptors (Lipinski definition) is 1. The molecule has 1 heteroatoms. The van der Waals surface area contributed by atoms with E-state index in [1.165, 1.54) is 19.3 Å². The smallest absolute Gasteiger partial charge is 0.00220 e. The van der Waals surface area contributed by atoms with Crippen LogP contribution in [0.2, 0.25) is 0 Å². The first-order chi connectivity index (χ1) is 4.60. The summed E-state index contributed by atoms with van der Waals surface area (Å²) in [7, 11) is 0. The molecule has 0 saturated heterocycles. The van der Waals surface area contributed by atoms with E-state index >= 15 is 0 Å². The summed E-state index contributed by atoms with van der Waals surface area (Å²) in [5, 5.41) is 0.685. The lowest BCUT2D eigenvalue weighted by molar-refractivity contribution is 0.383. The van der Waals surface area contributed by atoms with Gasteiger partial charge in [0.1, 0.15) is 0 Å². The first-order valence-electron chi connectivity index (χ1n) is 3.78. The lowest BCUT2D eigenvalue weighted by atomic mass is 9.92. The maximum absolute atomic E-state index is 4.41. The third-order valence-corrected chi connectivity index (χ3v) is 2.38. The minimum atomic E-state index is 0.590. The summed E-state index contributed by atoms with van der Waals surface area (Å²) in [6.07, 6.45) is 3.98. The van der Waals surface area contributed by atoms with E-state index in [-0.39, 0.29) is 0 Å². The van der Waals surface area contributed by atoms with E-state index in [1.807, 2.05) is 0 Å². The summed E-state index contributed by atoms with van der Waals surface area (Å²) in [6.45, 7) is 10.6. The van der Waals surface area contributed by atoms with Gasteiger partial charge in [0, 0.05) is 5.25 Å². The zero-order chi connectivity index (χ0) is 8.20. The molecule has 0 heterocycles. The Hall–Kier alpha value is 0.0900. The molecule has 0 amide bonds. The standard InChI is InChI=1S/C7H14S.C2H4/c1-7(2)4-3-6(8)5-7;1-2/h6,8H,3-5H2,1-2H3;1-2H2. The van der Waals surface area contributed by atoms with Crippen LogP contribution in [0, 0.1) is 5.41 Å². The molecule has 0 bridgehead atoms. The monoisotopic (exact) mass is 158 g/mol. The van der Waals surface area contributed by atoms with Crippen LogP contribution in [0.5, 0.6) is 0 Å². The minimum Gasteiger partial charge on any atom is -0.176 e. The van der Waals surface area contributed by atoms with Crippen molar-refractivity contribution in [3.63, 3.8) is 0 Å². The molecule has 1 unspecified atom stereocenters. The van der Waals surface area contributed by atoms with E-state index in [9.17, 15) is 0 Å². The number of rotatable bonds is 0. The van der Waals surface area contributed by atoms with Crippen molar-refractivity contribution in [1.82, 2.24) is 0 Å². The normalized spacial score (nSPS) is 28.9. The van der Waals surface area contributed by atoms with Gasteiger partial charge in [-0.15, -0.1) is 13.2 Å². The van der Waals surface area contributed by atoms with Crippen LogP contribution < -0.4 is 0 Å². The van der Waals surface area contributed by atoms with Crippen LogP contribution >= 0.6 is 12.6 Å². The Labute approximate surface area is 70.1 Å². The molecular weight excluding hydrogens is 140 g/mol. The number of thiol groups is 1. The van der Waals surface area contributed by atoms with E-state index in [1.54, 1.807) is 0 Å². The van der Waals surface area contributed by atoms with E-state index < -0.39 is 0 Å². The highest BCUT2D eigenvalue weighted by molar-refractivity contribution is 7.80. The summed E-state index contributed by atoms with van der Waals surface area (Å²) in [5.41, 5.74) is 0.590. The highest BCUT2D eigenvalue weighted by atomic mass is 32.1. The van der Waals surface area contributed by atoms with Gasteiger partial charge in [0.05, 0.1) is 0 Å². The van der Waals surface area contributed by atoms with Crippen molar-refractivity contribution in [1.29, 1.82) is 0 Å². The van der Waals surface area contributed by atoms with E-state index in [2.05, 4.69) is 39.6 Å². The summed E-state index contributed by atoms with van der Waals surface area (Å²) in [4.78, 5) is 0. The quantitative estimate of drug-likeness (QED) is 0.406. The van der Waals surface area contributed by atoms with Crippen LogP contribution in [0.25, 0.3) is 0 Å². The third-order valence-electron chi connectivity index (χ3n) is 1.94. The van der Waals surface area contributed by atoms with Gasteiger partial charge in [-0.25, -0.2) is 0 Å². The molecule has 0 aliphatic heterocycles. The Morgan fingerprint density at radius 2 is 1.90 bits per heavy atom. The fraction of sp³-hybridized carbons (Fsp3) is 0.778. The Kier molecular flexibility index (Phi) is 4.11. The topological polar surface area (TPSA) is 0 Å². The van der Waals surface area contributed by atoms with Crippen molar-refractivity contribution in [3.8, 4) is 0 Å². The predicted octanol–water partition coefficient (Wildman–Crippen LogP) is 3.30. The second-order valence-electron chi connectivity index (χ2n) is 3.56. The van der Waals surface area contributed by atoms with Crippen LogP contribution in [0.3, 0.4) is 0 Å². The van der Waals surface area contributed by atoms with Crippen molar-refractivity contribution >= 4 is 12.6 Å². The van der Waals surface area contributed by atoms with Gasteiger partial charge < -0.3 is 0 Å². The van der Waals surface area contributed by atoms with Crippen molar-refractivity contribution in [2.75, 3.05) is 0 Å². The summed E-state index contributed by atoms with van der Waals surface area (Å²) in [6, 6.07) is 0. The molecule has 0 radical (unpaired) electrons. The van der Waals surface area contributed by atoms with Crippen molar-refractivity contribution in [3.05, 3.63) is 13.2 Å². The largest absolute Gasteiger partial charge is 0.176 e. The molecule has 60 valence electrons. The lowest BCUT2D eigenvalue weighted by Crippen LogP contribution is -2.04. The molecule has 1 atom stereocenters. The van der Waals surface area contributed by atoms with Gasteiger partial charge in [0.25, 0.3) is 0 Å². The Morgan fingerprint density at radius 3 is 2.00 bits per heavy atom. The van der Waals surface area contributed by atoms with Crippen molar-refractivity contribution < 1.29 is 0 Å². The van der Waals surface area contributed by atoms with Gasteiger partial charge in [0.2, 0.25) is 0 Å². The molecule has 1 fully saturated rings. The SMILES string of the molecule is C=C.CC1(C)CCC(S)C1. The van der Waals surface area contributed by atoms with E-state index in [4.69, 9.17) is 0 Å². The number of hydrogen-bond donors (Lipinski definition) is 1. The first kappa shape index (κ1) is 10.1. The highest BCUT2D eigenvalue weighted by Gasteiger charge is 2.28. The van der Waals surface area contributed by atoms with E-state index in [0.29, 0.717) is 10.7 Å². The van der Waals surface area contributed by atoms with Gasteiger partial charge >= 0.3 is 0 Å². The van der Waals surface area contributed by atoms with Gasteiger partial charge in [-0.1, -0.05) is 13.8 Å². The van der Waals surface area contributed by atoms with Crippen LogP contribution in [0.4, 0.5) is 0 Å². The maximum atomic E-state index is 4.41. The van der Waals surface area contributed by atoms with E-state index in [0.717, 1.165) is 0 Å². The second-order valence-corrected chi connectivity index (χ2v) is 4.29. The summed E-state index contributed by atoms with van der Waals surface area (Å²) in [5.74, 6) is 0.